The van der Waals surface area contributed by atoms with E-state index in [2.05, 4.69) is 18.6 Å². The molecule has 0 fully saturated rings. The lowest BCUT2D eigenvalue weighted by atomic mass is 9.97. The monoisotopic (exact) mass is 159 g/mol. The van der Waals surface area contributed by atoms with Crippen LogP contribution in [0.15, 0.2) is 0 Å². The molecule has 0 spiro atoms. The summed E-state index contributed by atoms with van der Waals surface area (Å²) in [5, 5.41) is 0. The van der Waals surface area contributed by atoms with Crippen LogP contribution >= 0.6 is 0 Å². The summed E-state index contributed by atoms with van der Waals surface area (Å²) in [6.07, 6.45) is 0.809. The van der Waals surface area contributed by atoms with E-state index in [0.717, 1.165) is 6.42 Å². The molecule has 0 aliphatic rings. The quantitative estimate of drug-likeness (QED) is 0.617. The van der Waals surface area contributed by atoms with Gasteiger partial charge >= 0.3 is 5.97 Å². The molecule has 0 aromatic heterocycles. The van der Waals surface area contributed by atoms with Gasteiger partial charge in [-0.05, 0) is 12.3 Å². The van der Waals surface area contributed by atoms with E-state index in [9.17, 15) is 4.79 Å². The van der Waals surface area contributed by atoms with E-state index in [4.69, 9.17) is 5.73 Å². The molecule has 0 bridgehead atoms. The van der Waals surface area contributed by atoms with Gasteiger partial charge in [-0.15, -0.1) is 0 Å². The van der Waals surface area contributed by atoms with Crippen molar-refractivity contribution in [3.8, 4) is 0 Å². The van der Waals surface area contributed by atoms with E-state index < -0.39 is 0 Å². The molecule has 0 amide bonds. The van der Waals surface area contributed by atoms with Gasteiger partial charge in [0.1, 0.15) is 0 Å². The minimum atomic E-state index is -0.193. The topological polar surface area (TPSA) is 52.3 Å². The second-order valence-electron chi connectivity index (χ2n) is 3.09. The molecule has 1 unspecified atom stereocenters. The first-order valence-electron chi connectivity index (χ1n) is 3.89. The highest BCUT2D eigenvalue weighted by Gasteiger charge is 2.17. The number of methoxy groups -OCH3 is 1. The molecule has 0 saturated carbocycles. The molecule has 0 saturated heterocycles. The maximum Gasteiger partial charge on any atom is 0.309 e. The number of nitrogens with two attached hydrogens (primary N) is 1. The van der Waals surface area contributed by atoms with Gasteiger partial charge in [-0.1, -0.05) is 13.8 Å². The number of ether oxygens (including phenoxy) is 1. The first-order chi connectivity index (χ1) is 5.11. The van der Waals surface area contributed by atoms with E-state index >= 15 is 0 Å². The van der Waals surface area contributed by atoms with Crippen molar-refractivity contribution in [1.82, 2.24) is 0 Å². The Morgan fingerprint density at radius 1 is 1.55 bits per heavy atom. The van der Waals surface area contributed by atoms with E-state index in [1.807, 2.05) is 0 Å². The van der Waals surface area contributed by atoms with Crippen LogP contribution in [-0.4, -0.2) is 19.6 Å². The first kappa shape index (κ1) is 10.4. The van der Waals surface area contributed by atoms with Crippen LogP contribution in [0.25, 0.3) is 0 Å². The Balaban J connectivity index is 3.84. The third kappa shape index (κ3) is 3.98. The Bertz CT molecular complexity index is 123. The van der Waals surface area contributed by atoms with Crippen molar-refractivity contribution >= 4 is 5.97 Å². The normalized spacial score (nSPS) is 13.2. The number of carbonyl (C=O) groups is 1. The largest absolute Gasteiger partial charge is 0.469 e. The van der Waals surface area contributed by atoms with Gasteiger partial charge in [0.25, 0.3) is 0 Å². The van der Waals surface area contributed by atoms with Crippen molar-refractivity contribution in [2.75, 3.05) is 13.7 Å². The van der Waals surface area contributed by atoms with E-state index in [1.54, 1.807) is 0 Å². The number of esters is 1. The number of carbonyl (C=O) groups excluding carboxylic acids is 1. The van der Waals surface area contributed by atoms with E-state index in [1.165, 1.54) is 7.11 Å². The average Bonchev–Trinajstić information content (AvgIpc) is 1.98. The fourth-order valence-corrected chi connectivity index (χ4v) is 1.02. The summed E-state index contributed by atoms with van der Waals surface area (Å²) in [6.45, 7) is 4.50. The Labute approximate surface area is 67.9 Å². The van der Waals surface area contributed by atoms with Gasteiger partial charge in [0, 0.05) is 6.54 Å². The van der Waals surface area contributed by atoms with Crippen LogP contribution in [0.3, 0.4) is 0 Å². The van der Waals surface area contributed by atoms with Gasteiger partial charge in [0.15, 0.2) is 0 Å². The molecule has 0 aliphatic heterocycles. The van der Waals surface area contributed by atoms with Crippen LogP contribution < -0.4 is 5.73 Å². The molecule has 1 atom stereocenters. The molecule has 11 heavy (non-hydrogen) atoms. The van der Waals surface area contributed by atoms with Gasteiger partial charge in [-0.25, -0.2) is 0 Å². The van der Waals surface area contributed by atoms with Crippen LogP contribution in [0.1, 0.15) is 20.3 Å². The van der Waals surface area contributed by atoms with Crippen molar-refractivity contribution in [2.45, 2.75) is 20.3 Å². The van der Waals surface area contributed by atoms with Gasteiger partial charge in [0.2, 0.25) is 0 Å². The lowest BCUT2D eigenvalue weighted by Gasteiger charge is -2.13. The summed E-state index contributed by atoms with van der Waals surface area (Å²) >= 11 is 0. The molecule has 0 heterocycles. The molecule has 2 N–H and O–H groups in total. The minimum absolute atomic E-state index is 0.125. The zero-order chi connectivity index (χ0) is 8.85. The maximum atomic E-state index is 11.0. The first-order valence-corrected chi connectivity index (χ1v) is 3.89. The van der Waals surface area contributed by atoms with Crippen LogP contribution in [0.5, 0.6) is 0 Å². The molecule has 3 heteroatoms. The van der Waals surface area contributed by atoms with Crippen molar-refractivity contribution in [3.63, 3.8) is 0 Å². The lowest BCUT2D eigenvalue weighted by molar-refractivity contribution is -0.145. The zero-order valence-electron chi connectivity index (χ0n) is 7.46. The fourth-order valence-electron chi connectivity index (χ4n) is 1.02. The van der Waals surface area contributed by atoms with Gasteiger partial charge in [-0.3, -0.25) is 4.79 Å². The second-order valence-corrected chi connectivity index (χ2v) is 3.09. The van der Waals surface area contributed by atoms with Crippen molar-refractivity contribution in [2.24, 2.45) is 17.6 Å². The summed E-state index contributed by atoms with van der Waals surface area (Å²) in [6, 6.07) is 0. The molecule has 0 aromatic rings. The van der Waals surface area contributed by atoms with Crippen LogP contribution in [0.4, 0.5) is 0 Å². The van der Waals surface area contributed by atoms with E-state index in [-0.39, 0.29) is 11.9 Å². The predicted octanol–water partition coefficient (Wildman–Crippen LogP) is 0.780. The molecular formula is C8H17NO2. The van der Waals surface area contributed by atoms with Crippen LogP contribution in [-0.2, 0) is 9.53 Å². The Kier molecular flexibility index (Phi) is 4.86. The highest BCUT2D eigenvalue weighted by atomic mass is 16.5. The highest BCUT2D eigenvalue weighted by Crippen LogP contribution is 2.11. The predicted molar refractivity (Wildman–Crippen MR) is 44.0 cm³/mol. The summed E-state index contributed by atoms with van der Waals surface area (Å²) < 4.78 is 4.59. The molecule has 0 aliphatic carbocycles. The van der Waals surface area contributed by atoms with Crippen molar-refractivity contribution in [1.29, 1.82) is 0 Å². The van der Waals surface area contributed by atoms with Crippen molar-refractivity contribution < 1.29 is 9.53 Å². The standard InChI is InChI=1S/C8H17NO2/c1-6(2)4-7(5-9)8(10)11-3/h6-7H,4-5,9H2,1-3H3. The zero-order valence-corrected chi connectivity index (χ0v) is 7.46. The van der Waals surface area contributed by atoms with Gasteiger partial charge < -0.3 is 10.5 Å². The number of hydrogen-bond donors (Lipinski definition) is 1. The number of hydrogen-bond acceptors (Lipinski definition) is 3. The molecule has 0 aromatic carbocycles. The summed E-state index contributed by atoms with van der Waals surface area (Å²) in [5.41, 5.74) is 5.40. The highest BCUT2D eigenvalue weighted by molar-refractivity contribution is 5.72. The third-order valence-electron chi connectivity index (χ3n) is 1.57. The fraction of sp³-hybridized carbons (Fsp3) is 0.875. The summed E-state index contributed by atoms with van der Waals surface area (Å²) in [4.78, 5) is 11.0. The lowest BCUT2D eigenvalue weighted by Crippen LogP contribution is -2.26. The SMILES string of the molecule is COC(=O)C(CN)CC(C)C. The van der Waals surface area contributed by atoms with Crippen molar-refractivity contribution in [3.05, 3.63) is 0 Å². The smallest absolute Gasteiger partial charge is 0.309 e. The third-order valence-corrected chi connectivity index (χ3v) is 1.57. The molecule has 66 valence electrons. The second kappa shape index (κ2) is 5.13. The number of rotatable bonds is 4. The summed E-state index contributed by atoms with van der Waals surface area (Å²) in [7, 11) is 1.39. The molecular weight excluding hydrogens is 142 g/mol. The van der Waals surface area contributed by atoms with Crippen LogP contribution in [0, 0.1) is 11.8 Å². The summed E-state index contributed by atoms with van der Waals surface area (Å²) in [5.74, 6) is 0.170. The molecule has 3 nitrogen and oxygen atoms in total. The molecule has 0 rings (SSSR count). The minimum Gasteiger partial charge on any atom is -0.469 e. The van der Waals surface area contributed by atoms with E-state index in [0.29, 0.717) is 12.5 Å². The Morgan fingerprint density at radius 2 is 2.09 bits per heavy atom. The average molecular weight is 159 g/mol. The van der Waals surface area contributed by atoms with Crippen LogP contribution in [0.2, 0.25) is 0 Å². The Morgan fingerprint density at radius 3 is 2.36 bits per heavy atom. The Hall–Kier alpha value is -0.570. The van der Waals surface area contributed by atoms with Gasteiger partial charge in [-0.2, -0.15) is 0 Å². The molecule has 0 radical (unpaired) electrons. The van der Waals surface area contributed by atoms with Gasteiger partial charge in [0.05, 0.1) is 13.0 Å². The maximum absolute atomic E-state index is 11.0.